The van der Waals surface area contributed by atoms with E-state index in [-0.39, 0.29) is 16.2 Å². The zero-order chi connectivity index (χ0) is 45.6. The van der Waals surface area contributed by atoms with Gasteiger partial charge in [-0.2, -0.15) is 0 Å². The van der Waals surface area contributed by atoms with Crippen LogP contribution in [0.1, 0.15) is 76.3 Å². The van der Waals surface area contributed by atoms with Crippen molar-refractivity contribution in [3.05, 3.63) is 198 Å². The van der Waals surface area contributed by atoms with Gasteiger partial charge >= 0.3 is 0 Å². The Morgan fingerprint density at radius 1 is 0.537 bits per heavy atom. The van der Waals surface area contributed by atoms with Gasteiger partial charge in [0.15, 0.2) is 11.5 Å². The molecular formula is C60H51N5O2. The summed E-state index contributed by atoms with van der Waals surface area (Å²) in [4.78, 5) is 12.1. The van der Waals surface area contributed by atoms with Gasteiger partial charge in [-0.25, -0.2) is 4.98 Å². The molecule has 4 aliphatic heterocycles. The van der Waals surface area contributed by atoms with Crippen LogP contribution in [0.3, 0.4) is 0 Å². The standard InChI is InChI=1S/C60H51N5O2/c1-58(2,3)39-26-27-61-54(31-39)64-50-25-22-38(37-14-9-8-10-15-37)30-45(50)44-24-23-43(35-51(44)64)66-42-17-11-16-40(32-42)62-28-29-63(36-62)41-33-48-55-49(34-41)60(6,7)47-19-13-21-53-57(47)65(55)56-46(59(48,4)5)18-12-20-52(56)67-53/h8-35H,36H2,1-7H3. The molecule has 0 fully saturated rings. The van der Waals surface area contributed by atoms with Crippen LogP contribution in [0.2, 0.25) is 0 Å². The molecule has 2 aromatic heterocycles. The molecule has 0 radical (unpaired) electrons. The highest BCUT2D eigenvalue weighted by Crippen LogP contribution is 2.66. The van der Waals surface area contributed by atoms with Crippen molar-refractivity contribution in [1.29, 1.82) is 0 Å². The number of anilines is 5. The smallest absolute Gasteiger partial charge is 0.151 e. The van der Waals surface area contributed by atoms with Crippen LogP contribution < -0.4 is 24.2 Å². The summed E-state index contributed by atoms with van der Waals surface area (Å²) >= 11 is 0. The molecule has 4 aliphatic rings. The summed E-state index contributed by atoms with van der Waals surface area (Å²) in [6.07, 6.45) is 6.32. The number of hydrogen-bond donors (Lipinski definition) is 0. The lowest BCUT2D eigenvalue weighted by atomic mass is 9.65. The maximum Gasteiger partial charge on any atom is 0.151 e. The summed E-state index contributed by atoms with van der Waals surface area (Å²) in [7, 11) is 0. The summed E-state index contributed by atoms with van der Waals surface area (Å²) in [5.41, 5.74) is 16.3. The van der Waals surface area contributed by atoms with Crippen LogP contribution in [0, 0.1) is 0 Å². The fraction of sp³-hybridized carbons (Fsp3) is 0.183. The molecule has 328 valence electrons. The zero-order valence-corrected chi connectivity index (χ0v) is 38.9. The molecule has 0 unspecified atom stereocenters. The Hall–Kier alpha value is -7.77. The summed E-state index contributed by atoms with van der Waals surface area (Å²) < 4.78 is 15.7. The number of pyridine rings is 1. The molecule has 0 saturated heterocycles. The van der Waals surface area contributed by atoms with E-state index in [1.807, 2.05) is 12.3 Å². The lowest BCUT2D eigenvalue weighted by molar-refractivity contribution is 0.464. The van der Waals surface area contributed by atoms with E-state index in [4.69, 9.17) is 14.5 Å². The minimum Gasteiger partial charge on any atom is -0.457 e. The van der Waals surface area contributed by atoms with E-state index in [0.717, 1.165) is 50.9 Å². The SMILES string of the molecule is CC(C)(C)c1ccnc(-n2c3ccc(-c4ccccc4)cc3c3ccc(Oc4cccc(N5C=CN(c6cc7c8c(c6)C(C)(C)c6cccc9c6N8c6c(cccc6C7(C)C)O9)C5)c4)cc32)c1. The number of para-hydroxylation sites is 2. The van der Waals surface area contributed by atoms with Crippen LogP contribution in [-0.2, 0) is 16.2 Å². The number of nitrogens with zero attached hydrogens (tertiary/aromatic N) is 5. The Morgan fingerprint density at radius 3 is 1.91 bits per heavy atom. The summed E-state index contributed by atoms with van der Waals surface area (Å²) in [5.74, 6) is 4.26. The monoisotopic (exact) mass is 873 g/mol. The number of ether oxygens (including phenoxy) is 2. The topological polar surface area (TPSA) is 46.0 Å². The Bertz CT molecular complexity index is 3490. The molecule has 0 saturated carbocycles. The summed E-state index contributed by atoms with van der Waals surface area (Å²) in [6.45, 7) is 16.8. The Balaban J connectivity index is 0.838. The second-order valence-corrected chi connectivity index (χ2v) is 20.6. The molecule has 67 heavy (non-hydrogen) atoms. The summed E-state index contributed by atoms with van der Waals surface area (Å²) in [6, 6.07) is 54.4. The molecule has 9 aromatic rings. The first-order valence-corrected chi connectivity index (χ1v) is 23.4. The highest BCUT2D eigenvalue weighted by Gasteiger charge is 2.49. The van der Waals surface area contributed by atoms with Crippen LogP contribution in [0.15, 0.2) is 170 Å². The molecule has 0 aliphatic carbocycles. The van der Waals surface area contributed by atoms with Crippen LogP contribution in [0.25, 0.3) is 38.8 Å². The predicted octanol–water partition coefficient (Wildman–Crippen LogP) is 15.5. The van der Waals surface area contributed by atoms with Crippen molar-refractivity contribution in [3.63, 3.8) is 0 Å². The van der Waals surface area contributed by atoms with Crippen molar-refractivity contribution in [2.24, 2.45) is 0 Å². The van der Waals surface area contributed by atoms with E-state index in [0.29, 0.717) is 6.67 Å². The highest BCUT2D eigenvalue weighted by atomic mass is 16.5. The molecule has 7 aromatic carbocycles. The molecule has 13 rings (SSSR count). The van der Waals surface area contributed by atoms with Crippen molar-refractivity contribution in [2.75, 3.05) is 21.4 Å². The van der Waals surface area contributed by atoms with Gasteiger partial charge in [-0.05, 0) is 117 Å². The fourth-order valence-electron chi connectivity index (χ4n) is 11.1. The largest absolute Gasteiger partial charge is 0.457 e. The number of fused-ring (bicyclic) bond motifs is 3. The molecule has 0 bridgehead atoms. The zero-order valence-electron chi connectivity index (χ0n) is 38.9. The molecule has 0 amide bonds. The van der Waals surface area contributed by atoms with Crippen molar-refractivity contribution >= 4 is 50.2 Å². The van der Waals surface area contributed by atoms with E-state index >= 15 is 0 Å². The van der Waals surface area contributed by atoms with Gasteiger partial charge in [0.05, 0.1) is 34.8 Å². The van der Waals surface area contributed by atoms with E-state index in [2.05, 4.69) is 226 Å². The van der Waals surface area contributed by atoms with Gasteiger partial charge in [-0.1, -0.05) is 115 Å². The predicted molar refractivity (Wildman–Crippen MR) is 274 cm³/mol. The molecule has 6 heterocycles. The maximum absolute atomic E-state index is 6.77. The molecule has 7 nitrogen and oxygen atoms in total. The third kappa shape index (κ3) is 5.86. The second kappa shape index (κ2) is 13.9. The maximum atomic E-state index is 6.77. The molecule has 0 atom stereocenters. The first kappa shape index (κ1) is 39.6. The van der Waals surface area contributed by atoms with Gasteiger partial charge in [-0.15, -0.1) is 0 Å². The fourth-order valence-corrected chi connectivity index (χ4v) is 11.1. The van der Waals surface area contributed by atoms with Gasteiger partial charge in [0.2, 0.25) is 0 Å². The van der Waals surface area contributed by atoms with Crippen LogP contribution >= 0.6 is 0 Å². The minimum absolute atomic E-state index is 0.0268. The quantitative estimate of drug-likeness (QED) is 0.166. The molecular weight excluding hydrogens is 823 g/mol. The van der Waals surface area contributed by atoms with Gasteiger partial charge in [0.25, 0.3) is 0 Å². The lowest BCUT2D eigenvalue weighted by Gasteiger charge is -2.51. The van der Waals surface area contributed by atoms with Gasteiger partial charge in [-0.3, -0.25) is 4.57 Å². The first-order valence-electron chi connectivity index (χ1n) is 23.4. The van der Waals surface area contributed by atoms with Gasteiger partial charge in [0, 0.05) is 63.7 Å². The van der Waals surface area contributed by atoms with Crippen molar-refractivity contribution in [3.8, 4) is 39.9 Å². The molecule has 0 N–H and O–H groups in total. The highest BCUT2D eigenvalue weighted by molar-refractivity contribution is 6.11. The minimum atomic E-state index is -0.255. The summed E-state index contributed by atoms with van der Waals surface area (Å²) in [5, 5.41) is 2.32. The van der Waals surface area contributed by atoms with Crippen molar-refractivity contribution < 1.29 is 9.47 Å². The third-order valence-corrected chi connectivity index (χ3v) is 14.8. The Morgan fingerprint density at radius 2 is 1.21 bits per heavy atom. The lowest BCUT2D eigenvalue weighted by Crippen LogP contribution is -2.40. The van der Waals surface area contributed by atoms with E-state index in [1.54, 1.807) is 0 Å². The third-order valence-electron chi connectivity index (χ3n) is 14.8. The second-order valence-electron chi connectivity index (χ2n) is 20.6. The van der Waals surface area contributed by atoms with Gasteiger partial charge < -0.3 is 24.2 Å². The van der Waals surface area contributed by atoms with Crippen LogP contribution in [0.4, 0.5) is 28.4 Å². The average Bonchev–Trinajstić information content (AvgIpc) is 3.95. The Kier molecular flexibility index (Phi) is 8.20. The number of hydrogen-bond acceptors (Lipinski definition) is 6. The molecule has 7 heteroatoms. The van der Waals surface area contributed by atoms with E-state index in [1.165, 1.54) is 67.1 Å². The van der Waals surface area contributed by atoms with E-state index in [9.17, 15) is 0 Å². The average molecular weight is 874 g/mol. The number of rotatable bonds is 6. The molecule has 0 spiro atoms. The van der Waals surface area contributed by atoms with Crippen molar-refractivity contribution in [1.82, 2.24) is 9.55 Å². The number of benzene rings is 7. The Labute approximate surface area is 391 Å². The van der Waals surface area contributed by atoms with Crippen LogP contribution in [0.5, 0.6) is 23.0 Å². The van der Waals surface area contributed by atoms with E-state index < -0.39 is 0 Å². The normalized spacial score (nSPS) is 15.8. The first-order chi connectivity index (χ1) is 32.3. The van der Waals surface area contributed by atoms with Crippen LogP contribution in [-0.4, -0.2) is 16.2 Å². The van der Waals surface area contributed by atoms with Crippen molar-refractivity contribution in [2.45, 2.75) is 64.7 Å². The number of aromatic nitrogens is 2. The van der Waals surface area contributed by atoms with Gasteiger partial charge in [0.1, 0.15) is 17.3 Å².